The summed E-state index contributed by atoms with van der Waals surface area (Å²) in [7, 11) is 1.64. The summed E-state index contributed by atoms with van der Waals surface area (Å²) in [6, 6.07) is 5.35. The molecule has 0 radical (unpaired) electrons. The molecule has 1 aromatic carbocycles. The SMILES string of the molecule is Cn1nc(CCC(F)(F)F)c(Br)c1-n1cc(-c2ccc(Cl)c(C(=O)NC3CC3)c2)cn1. The highest BCUT2D eigenvalue weighted by Gasteiger charge is 2.29. The van der Waals surface area contributed by atoms with E-state index in [2.05, 4.69) is 31.4 Å². The first-order valence-electron chi connectivity index (χ1n) is 9.56. The fraction of sp³-hybridized carbons (Fsp3) is 0.350. The van der Waals surface area contributed by atoms with Crippen molar-refractivity contribution in [1.29, 1.82) is 0 Å². The van der Waals surface area contributed by atoms with E-state index in [-0.39, 0.29) is 18.4 Å². The molecule has 0 saturated heterocycles. The lowest BCUT2D eigenvalue weighted by atomic mass is 10.1. The van der Waals surface area contributed by atoms with Crippen LogP contribution >= 0.6 is 27.5 Å². The Morgan fingerprint density at radius 2 is 2.06 bits per heavy atom. The van der Waals surface area contributed by atoms with Crippen molar-refractivity contribution in [1.82, 2.24) is 24.9 Å². The fourth-order valence-corrected chi connectivity index (χ4v) is 4.09. The summed E-state index contributed by atoms with van der Waals surface area (Å²) in [4.78, 5) is 12.4. The summed E-state index contributed by atoms with van der Waals surface area (Å²) in [6.45, 7) is 0. The molecule has 4 rings (SSSR count). The summed E-state index contributed by atoms with van der Waals surface area (Å²) >= 11 is 9.57. The predicted molar refractivity (Wildman–Crippen MR) is 113 cm³/mol. The van der Waals surface area contributed by atoms with Crippen LogP contribution in [0.4, 0.5) is 13.2 Å². The molecule has 1 N–H and O–H groups in total. The van der Waals surface area contributed by atoms with Gasteiger partial charge in [-0.25, -0.2) is 9.36 Å². The lowest BCUT2D eigenvalue weighted by Gasteiger charge is -2.07. The maximum absolute atomic E-state index is 12.6. The number of hydrogen-bond donors (Lipinski definition) is 1. The number of amides is 1. The van der Waals surface area contributed by atoms with Crippen molar-refractivity contribution in [3.63, 3.8) is 0 Å². The van der Waals surface area contributed by atoms with Gasteiger partial charge in [-0.1, -0.05) is 17.7 Å². The Labute approximate surface area is 189 Å². The molecule has 2 heterocycles. The first-order chi connectivity index (χ1) is 14.6. The molecular formula is C20H18BrClF3N5O. The van der Waals surface area contributed by atoms with Crippen molar-refractivity contribution in [3.8, 4) is 16.9 Å². The highest BCUT2D eigenvalue weighted by atomic mass is 79.9. The third-order valence-electron chi connectivity index (χ3n) is 4.93. The summed E-state index contributed by atoms with van der Waals surface area (Å²) < 4.78 is 41.2. The Morgan fingerprint density at radius 3 is 2.74 bits per heavy atom. The molecule has 0 bridgehead atoms. The molecule has 2 aromatic heterocycles. The third kappa shape index (κ3) is 4.95. The number of hydrogen-bond acceptors (Lipinski definition) is 3. The van der Waals surface area contributed by atoms with Crippen LogP contribution in [0.3, 0.4) is 0 Å². The standard InChI is InChI=1S/C20H18BrClF3N5O/c1-29-19(17(21)16(28-29)6-7-20(23,24)25)30-10-12(9-26-30)11-2-5-15(22)14(8-11)18(31)27-13-3-4-13/h2,5,8-10,13H,3-4,6-7H2,1H3,(H,27,31). The van der Waals surface area contributed by atoms with Gasteiger partial charge >= 0.3 is 6.18 Å². The van der Waals surface area contributed by atoms with Crippen LogP contribution in [0.2, 0.25) is 5.02 Å². The van der Waals surface area contributed by atoms with E-state index in [1.54, 1.807) is 37.6 Å². The topological polar surface area (TPSA) is 64.7 Å². The number of carbonyl (C=O) groups excluding carboxylic acids is 1. The second kappa shape index (κ2) is 8.31. The van der Waals surface area contributed by atoms with E-state index in [0.717, 1.165) is 24.0 Å². The molecule has 1 aliphatic carbocycles. The average molecular weight is 517 g/mol. The lowest BCUT2D eigenvalue weighted by molar-refractivity contribution is -0.134. The van der Waals surface area contributed by atoms with Crippen molar-refractivity contribution in [2.24, 2.45) is 7.05 Å². The number of halogens is 5. The Bertz CT molecular complexity index is 1140. The van der Waals surface area contributed by atoms with Crippen LogP contribution in [0.25, 0.3) is 16.9 Å². The van der Waals surface area contributed by atoms with Crippen LogP contribution in [0.1, 0.15) is 35.3 Å². The van der Waals surface area contributed by atoms with Gasteiger partial charge in [0.15, 0.2) is 5.82 Å². The Morgan fingerprint density at radius 1 is 1.32 bits per heavy atom. The summed E-state index contributed by atoms with van der Waals surface area (Å²) in [5.41, 5.74) is 2.15. The lowest BCUT2D eigenvalue weighted by Crippen LogP contribution is -2.25. The minimum Gasteiger partial charge on any atom is -0.349 e. The largest absolute Gasteiger partial charge is 0.389 e. The number of benzene rings is 1. The number of alkyl halides is 3. The first kappa shape index (κ1) is 21.9. The van der Waals surface area contributed by atoms with E-state index < -0.39 is 12.6 Å². The van der Waals surface area contributed by atoms with Gasteiger partial charge < -0.3 is 5.32 Å². The molecule has 0 spiro atoms. The molecule has 1 aliphatic rings. The molecule has 164 valence electrons. The van der Waals surface area contributed by atoms with Gasteiger partial charge in [0.1, 0.15) is 0 Å². The molecule has 1 saturated carbocycles. The number of aryl methyl sites for hydroxylation is 2. The van der Waals surface area contributed by atoms with Crippen LogP contribution in [-0.4, -0.2) is 37.7 Å². The van der Waals surface area contributed by atoms with Crippen LogP contribution in [0.5, 0.6) is 0 Å². The second-order valence-corrected chi connectivity index (χ2v) is 8.64. The molecule has 31 heavy (non-hydrogen) atoms. The van der Waals surface area contributed by atoms with Gasteiger partial charge in [-0.15, -0.1) is 0 Å². The van der Waals surface area contributed by atoms with Gasteiger partial charge in [0, 0.05) is 37.7 Å². The number of carbonyl (C=O) groups is 1. The minimum atomic E-state index is -4.26. The first-order valence-corrected chi connectivity index (χ1v) is 10.7. The van der Waals surface area contributed by atoms with Crippen molar-refractivity contribution >= 4 is 33.4 Å². The smallest absolute Gasteiger partial charge is 0.349 e. The minimum absolute atomic E-state index is 0.212. The van der Waals surface area contributed by atoms with E-state index in [1.165, 1.54) is 9.36 Å². The molecule has 3 aromatic rings. The van der Waals surface area contributed by atoms with Gasteiger partial charge in [-0.05, 0) is 46.5 Å². The van der Waals surface area contributed by atoms with Crippen molar-refractivity contribution in [3.05, 3.63) is 51.3 Å². The van der Waals surface area contributed by atoms with Gasteiger partial charge in [0.2, 0.25) is 0 Å². The Balaban J connectivity index is 1.60. The molecule has 1 amide bonds. The summed E-state index contributed by atoms with van der Waals surface area (Å²) in [5, 5.41) is 11.8. The van der Waals surface area contributed by atoms with E-state index in [4.69, 9.17) is 11.6 Å². The predicted octanol–water partition coefficient (Wildman–Crippen LogP) is 5.08. The number of nitrogens with zero attached hydrogens (tertiary/aromatic N) is 4. The van der Waals surface area contributed by atoms with Gasteiger partial charge in [0.25, 0.3) is 5.91 Å². The van der Waals surface area contributed by atoms with Crippen LogP contribution in [-0.2, 0) is 13.5 Å². The average Bonchev–Trinajstić information content (AvgIpc) is 3.29. The quantitative estimate of drug-likeness (QED) is 0.497. The van der Waals surface area contributed by atoms with E-state index >= 15 is 0 Å². The molecule has 0 atom stereocenters. The molecule has 0 aliphatic heterocycles. The van der Waals surface area contributed by atoms with E-state index in [0.29, 0.717) is 26.6 Å². The molecule has 6 nitrogen and oxygen atoms in total. The maximum atomic E-state index is 12.6. The number of nitrogens with one attached hydrogen (secondary N) is 1. The zero-order valence-corrected chi connectivity index (χ0v) is 18.7. The van der Waals surface area contributed by atoms with E-state index in [1.807, 2.05) is 0 Å². The highest BCUT2D eigenvalue weighted by Crippen LogP contribution is 2.31. The van der Waals surface area contributed by atoms with Crippen LogP contribution in [0.15, 0.2) is 35.1 Å². The Hall–Kier alpha value is -2.33. The van der Waals surface area contributed by atoms with Crippen molar-refractivity contribution in [2.75, 3.05) is 0 Å². The summed E-state index contributed by atoms with van der Waals surface area (Å²) in [6.07, 6.45) is -0.165. The number of aromatic nitrogens is 4. The molecule has 0 unspecified atom stereocenters. The van der Waals surface area contributed by atoms with Crippen molar-refractivity contribution < 1.29 is 18.0 Å². The zero-order chi connectivity index (χ0) is 22.3. The fourth-order valence-electron chi connectivity index (χ4n) is 3.17. The van der Waals surface area contributed by atoms with Crippen molar-refractivity contribution in [2.45, 2.75) is 37.9 Å². The maximum Gasteiger partial charge on any atom is 0.389 e. The zero-order valence-electron chi connectivity index (χ0n) is 16.4. The normalized spacial score (nSPS) is 14.1. The molecule has 11 heteroatoms. The second-order valence-electron chi connectivity index (χ2n) is 7.44. The monoisotopic (exact) mass is 515 g/mol. The third-order valence-corrected chi connectivity index (χ3v) is 6.07. The van der Waals surface area contributed by atoms with Gasteiger partial charge in [-0.2, -0.15) is 23.4 Å². The highest BCUT2D eigenvalue weighted by molar-refractivity contribution is 9.10. The van der Waals surface area contributed by atoms with Gasteiger partial charge in [-0.3, -0.25) is 4.79 Å². The van der Waals surface area contributed by atoms with Crippen LogP contribution in [0, 0.1) is 0 Å². The Kier molecular flexibility index (Phi) is 5.87. The van der Waals surface area contributed by atoms with Crippen LogP contribution < -0.4 is 5.32 Å². The van der Waals surface area contributed by atoms with Gasteiger partial charge in [0.05, 0.1) is 26.9 Å². The summed E-state index contributed by atoms with van der Waals surface area (Å²) in [5.74, 6) is 0.287. The molecule has 1 fully saturated rings. The number of rotatable bonds is 6. The molecular weight excluding hydrogens is 499 g/mol. The van der Waals surface area contributed by atoms with E-state index in [9.17, 15) is 18.0 Å².